The summed E-state index contributed by atoms with van der Waals surface area (Å²) >= 11 is 2.20. The molecule has 3 heteroatoms. The first-order valence-electron chi connectivity index (χ1n) is 9.00. The maximum atomic E-state index is 11.0. The van der Waals surface area contributed by atoms with Crippen LogP contribution in [0.15, 0.2) is 0 Å². The van der Waals surface area contributed by atoms with Crippen LogP contribution in [0.5, 0.6) is 0 Å². The standard InChI is InChI=1S/C18H34O2S/c1-3-4-5-6-7-10-13-16-17(21-16)14-11-8-9-12-15-18(19)20-2/h16-17H,3-15H2,1-2H3. The van der Waals surface area contributed by atoms with Crippen LogP contribution in [0.25, 0.3) is 0 Å². The van der Waals surface area contributed by atoms with E-state index in [1.54, 1.807) is 0 Å². The highest BCUT2D eigenvalue weighted by Crippen LogP contribution is 2.47. The number of carbonyl (C=O) groups is 1. The van der Waals surface area contributed by atoms with E-state index < -0.39 is 0 Å². The first-order chi connectivity index (χ1) is 10.3. The number of methoxy groups -OCH3 is 1. The van der Waals surface area contributed by atoms with Crippen molar-refractivity contribution in [3.63, 3.8) is 0 Å². The third-order valence-corrected chi connectivity index (χ3v) is 5.89. The van der Waals surface area contributed by atoms with Crippen molar-refractivity contribution >= 4 is 17.7 Å². The van der Waals surface area contributed by atoms with Crippen molar-refractivity contribution in [2.24, 2.45) is 0 Å². The molecule has 21 heavy (non-hydrogen) atoms. The second-order valence-corrected chi connectivity index (χ2v) is 7.78. The summed E-state index contributed by atoms with van der Waals surface area (Å²) in [5.74, 6) is -0.0632. The Labute approximate surface area is 135 Å². The monoisotopic (exact) mass is 314 g/mol. The Hall–Kier alpha value is -0.180. The minimum atomic E-state index is -0.0632. The van der Waals surface area contributed by atoms with E-state index >= 15 is 0 Å². The first kappa shape index (κ1) is 18.9. The average molecular weight is 315 g/mol. The van der Waals surface area contributed by atoms with Gasteiger partial charge in [-0.2, -0.15) is 11.8 Å². The fourth-order valence-electron chi connectivity index (χ4n) is 2.88. The van der Waals surface area contributed by atoms with Gasteiger partial charge in [-0.25, -0.2) is 0 Å². The Morgan fingerprint density at radius 2 is 1.38 bits per heavy atom. The Morgan fingerprint density at radius 3 is 1.95 bits per heavy atom. The van der Waals surface area contributed by atoms with Crippen molar-refractivity contribution in [2.45, 2.75) is 101 Å². The number of hydrogen-bond donors (Lipinski definition) is 0. The smallest absolute Gasteiger partial charge is 0.305 e. The van der Waals surface area contributed by atoms with Gasteiger partial charge in [0.05, 0.1) is 7.11 Å². The quantitative estimate of drug-likeness (QED) is 0.232. The molecule has 1 saturated heterocycles. The van der Waals surface area contributed by atoms with E-state index in [1.807, 2.05) is 0 Å². The molecule has 0 radical (unpaired) electrons. The molecule has 124 valence electrons. The maximum absolute atomic E-state index is 11.0. The van der Waals surface area contributed by atoms with Crippen molar-refractivity contribution < 1.29 is 9.53 Å². The molecule has 0 aromatic rings. The summed E-state index contributed by atoms with van der Waals surface area (Å²) in [6.45, 7) is 2.28. The highest BCUT2D eigenvalue weighted by Gasteiger charge is 2.36. The van der Waals surface area contributed by atoms with E-state index in [9.17, 15) is 4.79 Å². The minimum Gasteiger partial charge on any atom is -0.469 e. The van der Waals surface area contributed by atoms with E-state index in [4.69, 9.17) is 0 Å². The molecule has 0 N–H and O–H groups in total. The summed E-state index contributed by atoms with van der Waals surface area (Å²) in [5, 5.41) is 1.94. The molecule has 0 bridgehead atoms. The van der Waals surface area contributed by atoms with Crippen molar-refractivity contribution in [1.29, 1.82) is 0 Å². The topological polar surface area (TPSA) is 26.3 Å². The van der Waals surface area contributed by atoms with Gasteiger partial charge in [0.15, 0.2) is 0 Å². The molecular weight excluding hydrogens is 280 g/mol. The van der Waals surface area contributed by atoms with Gasteiger partial charge in [-0.15, -0.1) is 0 Å². The summed E-state index contributed by atoms with van der Waals surface area (Å²) in [4.78, 5) is 11.0. The lowest BCUT2D eigenvalue weighted by Crippen LogP contribution is -1.99. The van der Waals surface area contributed by atoms with Crippen LogP contribution >= 0.6 is 11.8 Å². The maximum Gasteiger partial charge on any atom is 0.305 e. The molecule has 0 aromatic carbocycles. The van der Waals surface area contributed by atoms with E-state index in [0.29, 0.717) is 6.42 Å². The van der Waals surface area contributed by atoms with Gasteiger partial charge in [-0.05, 0) is 19.3 Å². The van der Waals surface area contributed by atoms with Crippen LogP contribution in [-0.2, 0) is 9.53 Å². The molecule has 0 spiro atoms. The lowest BCUT2D eigenvalue weighted by molar-refractivity contribution is -0.140. The predicted octanol–water partition coefficient (Wildman–Crippen LogP) is 5.73. The fraction of sp³-hybridized carbons (Fsp3) is 0.944. The molecule has 0 aliphatic carbocycles. The molecule has 1 aliphatic heterocycles. The SMILES string of the molecule is CCCCCCCCC1SC1CCCCCCC(=O)OC. The van der Waals surface area contributed by atoms with Gasteiger partial charge in [0.2, 0.25) is 0 Å². The zero-order valence-electron chi connectivity index (χ0n) is 14.1. The second kappa shape index (κ2) is 12.4. The van der Waals surface area contributed by atoms with Gasteiger partial charge in [-0.1, -0.05) is 64.7 Å². The molecule has 2 unspecified atom stereocenters. The zero-order chi connectivity index (χ0) is 15.3. The van der Waals surface area contributed by atoms with Crippen LogP contribution in [0.2, 0.25) is 0 Å². The van der Waals surface area contributed by atoms with E-state index in [2.05, 4.69) is 23.4 Å². The molecule has 1 fully saturated rings. The van der Waals surface area contributed by atoms with Crippen LogP contribution in [0.4, 0.5) is 0 Å². The van der Waals surface area contributed by atoms with Crippen LogP contribution in [0, 0.1) is 0 Å². The summed E-state index contributed by atoms with van der Waals surface area (Å²) in [7, 11) is 1.47. The number of carbonyl (C=O) groups excluding carboxylic acids is 1. The molecular formula is C18H34O2S. The van der Waals surface area contributed by atoms with Gasteiger partial charge in [0.1, 0.15) is 0 Å². The summed E-state index contributed by atoms with van der Waals surface area (Å²) in [6.07, 6.45) is 16.7. The summed E-state index contributed by atoms with van der Waals surface area (Å²) in [5.41, 5.74) is 0. The lowest BCUT2D eigenvalue weighted by Gasteiger charge is -2.01. The number of hydrogen-bond acceptors (Lipinski definition) is 3. The van der Waals surface area contributed by atoms with E-state index in [0.717, 1.165) is 16.9 Å². The number of unbranched alkanes of at least 4 members (excludes halogenated alkanes) is 8. The number of thioether (sulfide) groups is 1. The highest BCUT2D eigenvalue weighted by molar-refractivity contribution is 8.07. The fourth-order valence-corrected chi connectivity index (χ4v) is 4.12. The van der Waals surface area contributed by atoms with E-state index in [1.165, 1.54) is 77.7 Å². The van der Waals surface area contributed by atoms with Crippen molar-refractivity contribution in [1.82, 2.24) is 0 Å². The van der Waals surface area contributed by atoms with Crippen molar-refractivity contribution in [2.75, 3.05) is 7.11 Å². The highest BCUT2D eigenvalue weighted by atomic mass is 32.2. The normalized spacial score (nSPS) is 20.5. The molecule has 1 aliphatic rings. The second-order valence-electron chi connectivity index (χ2n) is 6.30. The molecule has 0 aromatic heterocycles. The van der Waals surface area contributed by atoms with Gasteiger partial charge in [-0.3, -0.25) is 4.79 Å². The van der Waals surface area contributed by atoms with Crippen LogP contribution < -0.4 is 0 Å². The van der Waals surface area contributed by atoms with Crippen molar-refractivity contribution in [3.05, 3.63) is 0 Å². The molecule has 0 saturated carbocycles. The predicted molar refractivity (Wildman–Crippen MR) is 92.9 cm³/mol. The number of ether oxygens (including phenoxy) is 1. The first-order valence-corrected chi connectivity index (χ1v) is 9.94. The molecule has 0 amide bonds. The Balaban J connectivity index is 1.79. The Morgan fingerprint density at radius 1 is 0.857 bits per heavy atom. The van der Waals surface area contributed by atoms with Crippen LogP contribution in [0.3, 0.4) is 0 Å². The van der Waals surface area contributed by atoms with Gasteiger partial charge in [0, 0.05) is 16.9 Å². The molecule has 1 heterocycles. The molecule has 2 nitrogen and oxygen atoms in total. The molecule has 2 atom stereocenters. The van der Waals surface area contributed by atoms with E-state index in [-0.39, 0.29) is 5.97 Å². The van der Waals surface area contributed by atoms with Gasteiger partial charge >= 0.3 is 5.97 Å². The third-order valence-electron chi connectivity index (χ3n) is 4.38. The zero-order valence-corrected chi connectivity index (χ0v) is 14.9. The van der Waals surface area contributed by atoms with Gasteiger partial charge in [0.25, 0.3) is 0 Å². The minimum absolute atomic E-state index is 0.0632. The lowest BCUT2D eigenvalue weighted by atomic mass is 10.0. The Bertz CT molecular complexity index is 268. The third kappa shape index (κ3) is 10.2. The van der Waals surface area contributed by atoms with Crippen molar-refractivity contribution in [3.8, 4) is 0 Å². The number of rotatable bonds is 14. The average Bonchev–Trinajstić information content (AvgIpc) is 3.24. The van der Waals surface area contributed by atoms with Crippen LogP contribution in [0.1, 0.15) is 90.4 Å². The Kier molecular flexibility index (Phi) is 11.1. The van der Waals surface area contributed by atoms with Crippen LogP contribution in [-0.4, -0.2) is 23.6 Å². The number of esters is 1. The summed E-state index contributed by atoms with van der Waals surface area (Å²) in [6, 6.07) is 0. The molecule has 1 rings (SSSR count). The van der Waals surface area contributed by atoms with Gasteiger partial charge < -0.3 is 4.74 Å². The summed E-state index contributed by atoms with van der Waals surface area (Å²) < 4.78 is 4.65. The largest absolute Gasteiger partial charge is 0.469 e.